The number of rotatable bonds is 4. The lowest BCUT2D eigenvalue weighted by atomic mass is 10.1. The Morgan fingerprint density at radius 1 is 1.04 bits per heavy atom. The van der Waals surface area contributed by atoms with Gasteiger partial charge in [-0.3, -0.25) is 0 Å². The second-order valence-electron chi connectivity index (χ2n) is 5.43. The summed E-state index contributed by atoms with van der Waals surface area (Å²) in [6.07, 6.45) is -4.34. The normalized spacial score (nSPS) is 12.0. The van der Waals surface area contributed by atoms with Gasteiger partial charge in [-0.05, 0) is 35.2 Å². The van der Waals surface area contributed by atoms with Gasteiger partial charge in [-0.25, -0.2) is 0 Å². The number of benzene rings is 1. The van der Waals surface area contributed by atoms with E-state index in [1.54, 1.807) is 22.7 Å². The van der Waals surface area contributed by atoms with Gasteiger partial charge in [-0.15, -0.1) is 21.5 Å². The lowest BCUT2D eigenvalue weighted by molar-refractivity contribution is -0.137. The van der Waals surface area contributed by atoms with E-state index in [1.165, 1.54) is 35.2 Å². The van der Waals surface area contributed by atoms with Gasteiger partial charge < -0.3 is 0 Å². The molecule has 132 valence electrons. The van der Waals surface area contributed by atoms with Crippen molar-refractivity contribution in [2.24, 2.45) is 0 Å². The molecule has 4 nitrogen and oxygen atoms in total. The maximum atomic E-state index is 12.8. The molecule has 0 aliphatic rings. The summed E-state index contributed by atoms with van der Waals surface area (Å²) in [5.74, 6) is 1.04. The van der Waals surface area contributed by atoms with E-state index in [-0.39, 0.29) is 0 Å². The molecule has 9 heteroatoms. The van der Waals surface area contributed by atoms with Crippen molar-refractivity contribution in [1.29, 1.82) is 0 Å². The summed E-state index contributed by atoms with van der Waals surface area (Å²) in [5, 5.41) is 15.4. The van der Waals surface area contributed by atoms with E-state index in [2.05, 4.69) is 15.3 Å². The Bertz CT molecular complexity index is 1040. The summed E-state index contributed by atoms with van der Waals surface area (Å²) in [5.41, 5.74) is 0.573. The van der Waals surface area contributed by atoms with Crippen molar-refractivity contribution in [3.8, 4) is 10.7 Å². The average molecular weight is 392 g/mol. The first-order chi connectivity index (χ1) is 12.5. The molecule has 3 heterocycles. The fourth-order valence-corrected chi connectivity index (χ4v) is 3.89. The molecule has 0 amide bonds. The average Bonchev–Trinajstić information content (AvgIpc) is 3.28. The molecule has 4 rings (SSSR count). The number of thioether (sulfide) groups is 1. The van der Waals surface area contributed by atoms with E-state index in [0.29, 0.717) is 27.8 Å². The molecule has 0 saturated carbocycles. The van der Waals surface area contributed by atoms with E-state index >= 15 is 0 Å². The van der Waals surface area contributed by atoms with Crippen LogP contribution < -0.4 is 0 Å². The highest BCUT2D eigenvalue weighted by Gasteiger charge is 2.30. The van der Waals surface area contributed by atoms with Crippen molar-refractivity contribution in [1.82, 2.24) is 19.8 Å². The molecule has 0 aliphatic heterocycles. The smallest absolute Gasteiger partial charge is 0.191 e. The Balaban J connectivity index is 1.57. The third-order valence-electron chi connectivity index (χ3n) is 3.62. The molecule has 0 unspecified atom stereocenters. The number of nitrogens with zero attached hydrogens (tertiary/aromatic N) is 4. The predicted molar refractivity (Wildman–Crippen MR) is 95.1 cm³/mol. The highest BCUT2D eigenvalue weighted by Crippen LogP contribution is 2.31. The van der Waals surface area contributed by atoms with Gasteiger partial charge in [0, 0.05) is 5.75 Å². The first-order valence-corrected chi connectivity index (χ1v) is 9.42. The molecule has 1 aromatic carbocycles. The Morgan fingerprint density at radius 2 is 1.92 bits per heavy atom. The lowest BCUT2D eigenvalue weighted by Gasteiger charge is -2.08. The Morgan fingerprint density at radius 3 is 2.69 bits per heavy atom. The van der Waals surface area contributed by atoms with E-state index in [4.69, 9.17) is 0 Å². The number of fused-ring (bicyclic) bond motifs is 1. The minimum atomic E-state index is -4.34. The van der Waals surface area contributed by atoms with Gasteiger partial charge in [0.2, 0.25) is 0 Å². The first-order valence-electron chi connectivity index (χ1n) is 7.56. The summed E-state index contributed by atoms with van der Waals surface area (Å²) in [4.78, 5) is 0.949. The van der Waals surface area contributed by atoms with Crippen molar-refractivity contribution in [3.63, 3.8) is 0 Å². The minimum Gasteiger partial charge on any atom is -0.191 e. The number of aromatic nitrogens is 4. The largest absolute Gasteiger partial charge is 0.416 e. The van der Waals surface area contributed by atoms with E-state index in [0.717, 1.165) is 10.9 Å². The third-order valence-corrected chi connectivity index (χ3v) is 5.48. The molecule has 3 aromatic heterocycles. The van der Waals surface area contributed by atoms with Crippen LogP contribution in [0, 0.1) is 0 Å². The van der Waals surface area contributed by atoms with Crippen LogP contribution in [0.3, 0.4) is 0 Å². The van der Waals surface area contributed by atoms with Crippen LogP contribution in [-0.4, -0.2) is 19.8 Å². The van der Waals surface area contributed by atoms with Crippen LogP contribution in [0.25, 0.3) is 16.3 Å². The highest BCUT2D eigenvalue weighted by atomic mass is 32.2. The topological polar surface area (TPSA) is 43.1 Å². The molecule has 4 aromatic rings. The number of alkyl halides is 3. The first kappa shape index (κ1) is 17.0. The quantitative estimate of drug-likeness (QED) is 0.450. The maximum Gasteiger partial charge on any atom is 0.416 e. The van der Waals surface area contributed by atoms with Crippen LogP contribution in [0.4, 0.5) is 13.2 Å². The van der Waals surface area contributed by atoms with Crippen LogP contribution in [0.1, 0.15) is 11.1 Å². The van der Waals surface area contributed by atoms with E-state index < -0.39 is 11.7 Å². The zero-order chi connectivity index (χ0) is 18.1. The molecule has 0 atom stereocenters. The molecule has 0 N–H and O–H groups in total. The molecule has 0 fully saturated rings. The molecule has 0 saturated heterocycles. The van der Waals surface area contributed by atoms with Crippen LogP contribution in [0.2, 0.25) is 0 Å². The molecule has 26 heavy (non-hydrogen) atoms. The Hall–Kier alpha value is -2.39. The lowest BCUT2D eigenvalue weighted by Crippen LogP contribution is -2.05. The molecule has 0 bridgehead atoms. The van der Waals surface area contributed by atoms with Gasteiger partial charge in [-0.2, -0.15) is 22.8 Å². The van der Waals surface area contributed by atoms with Crippen LogP contribution >= 0.6 is 23.1 Å². The molecular formula is C17H11F3N4S2. The number of thiophene rings is 1. The summed E-state index contributed by atoms with van der Waals surface area (Å²) < 4.78 is 40.1. The fraction of sp³-hybridized carbons (Fsp3) is 0.118. The number of hydrogen-bond acceptors (Lipinski definition) is 5. The van der Waals surface area contributed by atoms with Crippen LogP contribution in [-0.2, 0) is 11.9 Å². The number of hydrogen-bond donors (Lipinski definition) is 0. The molecule has 0 spiro atoms. The monoisotopic (exact) mass is 392 g/mol. The van der Waals surface area contributed by atoms with E-state index in [1.807, 2.05) is 17.5 Å². The van der Waals surface area contributed by atoms with Crippen molar-refractivity contribution < 1.29 is 13.2 Å². The Labute approximate surface area is 154 Å². The number of halogens is 3. The van der Waals surface area contributed by atoms with Gasteiger partial charge in [0.25, 0.3) is 0 Å². The zero-order valence-electron chi connectivity index (χ0n) is 13.1. The Kier molecular flexibility index (Phi) is 4.41. The van der Waals surface area contributed by atoms with Gasteiger partial charge in [-0.1, -0.05) is 36.0 Å². The van der Waals surface area contributed by atoms with Gasteiger partial charge in [0.15, 0.2) is 11.5 Å². The maximum absolute atomic E-state index is 12.8. The highest BCUT2D eigenvalue weighted by molar-refractivity contribution is 7.98. The predicted octanol–water partition coefficient (Wildman–Crippen LogP) is 5.16. The van der Waals surface area contributed by atoms with Gasteiger partial charge >= 0.3 is 6.18 Å². The van der Waals surface area contributed by atoms with Crippen LogP contribution in [0.5, 0.6) is 0 Å². The third kappa shape index (κ3) is 3.45. The summed E-state index contributed by atoms with van der Waals surface area (Å²) in [7, 11) is 0. The summed E-state index contributed by atoms with van der Waals surface area (Å²) in [6, 6.07) is 12.8. The van der Waals surface area contributed by atoms with Gasteiger partial charge in [0.1, 0.15) is 5.03 Å². The van der Waals surface area contributed by atoms with Gasteiger partial charge in [0.05, 0.1) is 10.4 Å². The summed E-state index contributed by atoms with van der Waals surface area (Å²) >= 11 is 2.90. The zero-order valence-corrected chi connectivity index (χ0v) is 14.8. The van der Waals surface area contributed by atoms with Crippen molar-refractivity contribution in [2.75, 3.05) is 0 Å². The van der Waals surface area contributed by atoms with Crippen LogP contribution in [0.15, 0.2) is 58.9 Å². The van der Waals surface area contributed by atoms with Crippen molar-refractivity contribution in [2.45, 2.75) is 17.0 Å². The molecule has 0 aliphatic carbocycles. The SMILES string of the molecule is FC(F)(F)c1cccc(CSc2ccc3nnc(-c4cccs4)n3n2)c1. The van der Waals surface area contributed by atoms with E-state index in [9.17, 15) is 13.2 Å². The second-order valence-corrected chi connectivity index (χ2v) is 7.37. The van der Waals surface area contributed by atoms with Crippen molar-refractivity contribution in [3.05, 3.63) is 65.0 Å². The molecular weight excluding hydrogens is 381 g/mol. The summed E-state index contributed by atoms with van der Waals surface area (Å²) in [6.45, 7) is 0. The standard InChI is InChI=1S/C17H11F3N4S2/c18-17(19,20)12-4-1-3-11(9-12)10-26-15-7-6-14-21-22-16(24(14)23-15)13-5-2-8-25-13/h1-9H,10H2. The minimum absolute atomic E-state index is 0.388. The molecule has 0 radical (unpaired) electrons. The van der Waals surface area contributed by atoms with Crippen molar-refractivity contribution >= 4 is 28.7 Å². The second kappa shape index (κ2) is 6.73. The fourth-order valence-electron chi connectivity index (χ4n) is 2.40.